The molecule has 1 N–H and O–H groups in total. The summed E-state index contributed by atoms with van der Waals surface area (Å²) >= 11 is 0. The average Bonchev–Trinajstić information content (AvgIpc) is 2.85. The van der Waals surface area contributed by atoms with Crippen molar-refractivity contribution >= 4 is 0 Å². The third-order valence-electron chi connectivity index (χ3n) is 7.89. The normalized spacial score (nSPS) is 36.2. The van der Waals surface area contributed by atoms with Gasteiger partial charge in [-0.15, -0.1) is 0 Å². The molecule has 0 aliphatic heterocycles. The van der Waals surface area contributed by atoms with Gasteiger partial charge in [-0.3, -0.25) is 0 Å². The van der Waals surface area contributed by atoms with Gasteiger partial charge in [-0.05, 0) is 62.2 Å². The molecule has 146 valence electrons. The Balaban J connectivity index is 1.19. The zero-order valence-corrected chi connectivity index (χ0v) is 17.0. The molecule has 1 nitrogen and oxygen atoms in total. The first-order valence-electron chi connectivity index (χ1n) is 11.9. The van der Waals surface area contributed by atoms with E-state index in [1.165, 1.54) is 103 Å². The van der Waals surface area contributed by atoms with Crippen LogP contribution < -0.4 is 0 Å². The summed E-state index contributed by atoms with van der Waals surface area (Å²) < 4.78 is 0. The fraction of sp³-hybridized carbons (Fsp3) is 1.00. The summed E-state index contributed by atoms with van der Waals surface area (Å²) in [5, 5.41) is 11.3. The lowest BCUT2D eigenvalue weighted by molar-refractivity contribution is -0.0876. The van der Waals surface area contributed by atoms with Crippen molar-refractivity contribution in [2.75, 3.05) is 0 Å². The molecule has 0 heterocycles. The molecule has 0 amide bonds. The van der Waals surface area contributed by atoms with Gasteiger partial charge in [-0.25, -0.2) is 0 Å². The van der Waals surface area contributed by atoms with Gasteiger partial charge in [0.1, 0.15) is 0 Å². The minimum absolute atomic E-state index is 0.267. The SMILES string of the molecule is CCCCCCCCCCCCCCC1(O)C[C@@H]2C[C@@H]3CC1[C@H](C2)C3. The molecule has 0 saturated heterocycles. The Labute approximate surface area is 157 Å². The minimum atomic E-state index is -0.267. The van der Waals surface area contributed by atoms with E-state index in [0.29, 0.717) is 5.92 Å². The number of fused-ring (bicyclic) bond motifs is 2. The summed E-state index contributed by atoms with van der Waals surface area (Å²) in [7, 11) is 0. The van der Waals surface area contributed by atoms with Gasteiger partial charge in [0.2, 0.25) is 0 Å². The Morgan fingerprint density at radius 1 is 0.680 bits per heavy atom. The highest BCUT2D eigenvalue weighted by Crippen LogP contribution is 2.59. The van der Waals surface area contributed by atoms with Crippen LogP contribution in [0.1, 0.15) is 122 Å². The van der Waals surface area contributed by atoms with E-state index < -0.39 is 0 Å². The first-order chi connectivity index (χ1) is 12.2. The van der Waals surface area contributed by atoms with Crippen molar-refractivity contribution in [1.82, 2.24) is 0 Å². The molecule has 0 aromatic carbocycles. The van der Waals surface area contributed by atoms with E-state index in [4.69, 9.17) is 0 Å². The zero-order chi connectivity index (χ0) is 17.5. The van der Waals surface area contributed by atoms with Crippen molar-refractivity contribution in [2.45, 2.75) is 128 Å². The van der Waals surface area contributed by atoms with Gasteiger partial charge in [0.25, 0.3) is 0 Å². The predicted molar refractivity (Wildman–Crippen MR) is 108 cm³/mol. The third-order valence-corrected chi connectivity index (χ3v) is 7.89. The van der Waals surface area contributed by atoms with Crippen LogP contribution in [-0.4, -0.2) is 10.7 Å². The molecule has 1 heteroatoms. The molecule has 3 bridgehead atoms. The van der Waals surface area contributed by atoms with E-state index in [0.717, 1.165) is 30.6 Å². The van der Waals surface area contributed by atoms with Crippen LogP contribution in [0.4, 0.5) is 0 Å². The van der Waals surface area contributed by atoms with Crippen molar-refractivity contribution in [3.05, 3.63) is 0 Å². The van der Waals surface area contributed by atoms with Crippen LogP contribution in [-0.2, 0) is 0 Å². The van der Waals surface area contributed by atoms with E-state index in [1.54, 1.807) is 0 Å². The minimum Gasteiger partial charge on any atom is -0.390 e. The molecule has 0 aromatic rings. The van der Waals surface area contributed by atoms with Crippen LogP contribution in [0.2, 0.25) is 0 Å². The lowest BCUT2D eigenvalue weighted by Gasteiger charge is -2.45. The van der Waals surface area contributed by atoms with Gasteiger partial charge >= 0.3 is 0 Å². The van der Waals surface area contributed by atoms with Crippen molar-refractivity contribution < 1.29 is 5.11 Å². The molecule has 3 saturated carbocycles. The highest BCUT2D eigenvalue weighted by Gasteiger charge is 2.54. The van der Waals surface area contributed by atoms with Gasteiger partial charge in [-0.2, -0.15) is 0 Å². The zero-order valence-electron chi connectivity index (χ0n) is 17.0. The summed E-state index contributed by atoms with van der Waals surface area (Å²) in [4.78, 5) is 0. The van der Waals surface area contributed by atoms with Crippen LogP contribution in [0.25, 0.3) is 0 Å². The second-order valence-electron chi connectivity index (χ2n) is 9.99. The maximum Gasteiger partial charge on any atom is 0.0681 e. The van der Waals surface area contributed by atoms with Gasteiger partial charge in [0.05, 0.1) is 5.60 Å². The maximum absolute atomic E-state index is 11.3. The van der Waals surface area contributed by atoms with E-state index >= 15 is 0 Å². The van der Waals surface area contributed by atoms with Crippen molar-refractivity contribution in [2.24, 2.45) is 23.7 Å². The Kier molecular flexibility index (Phi) is 7.70. The van der Waals surface area contributed by atoms with Gasteiger partial charge in [0, 0.05) is 0 Å². The molecule has 25 heavy (non-hydrogen) atoms. The van der Waals surface area contributed by atoms with E-state index in [2.05, 4.69) is 6.92 Å². The Bertz CT molecular complexity index is 376. The lowest BCUT2D eigenvalue weighted by Crippen LogP contribution is -2.45. The summed E-state index contributed by atoms with van der Waals surface area (Å²) in [6, 6.07) is 0. The van der Waals surface area contributed by atoms with Crippen molar-refractivity contribution in [3.63, 3.8) is 0 Å². The Hall–Kier alpha value is -0.0400. The second-order valence-corrected chi connectivity index (χ2v) is 9.99. The van der Waals surface area contributed by atoms with Crippen LogP contribution in [0.15, 0.2) is 0 Å². The van der Waals surface area contributed by atoms with Crippen LogP contribution in [0.3, 0.4) is 0 Å². The fourth-order valence-electron chi connectivity index (χ4n) is 6.72. The maximum atomic E-state index is 11.3. The summed E-state index contributed by atoms with van der Waals surface area (Å²) in [5.74, 6) is 3.40. The van der Waals surface area contributed by atoms with Crippen LogP contribution in [0.5, 0.6) is 0 Å². The number of hydrogen-bond acceptors (Lipinski definition) is 1. The van der Waals surface area contributed by atoms with Crippen LogP contribution >= 0.6 is 0 Å². The van der Waals surface area contributed by atoms with E-state index in [1.807, 2.05) is 0 Å². The topological polar surface area (TPSA) is 20.2 Å². The number of rotatable bonds is 13. The second kappa shape index (κ2) is 9.77. The first-order valence-corrected chi connectivity index (χ1v) is 11.9. The first kappa shape index (κ1) is 19.7. The molecule has 3 fully saturated rings. The molecular formula is C24H44O. The average molecular weight is 349 g/mol. The molecule has 3 aliphatic carbocycles. The molecule has 3 aliphatic rings. The molecule has 3 rings (SSSR count). The smallest absolute Gasteiger partial charge is 0.0681 e. The lowest BCUT2D eigenvalue weighted by atomic mass is 9.63. The molecular weight excluding hydrogens is 304 g/mol. The van der Waals surface area contributed by atoms with Crippen molar-refractivity contribution in [3.8, 4) is 0 Å². The molecule has 0 spiro atoms. The van der Waals surface area contributed by atoms with E-state index in [-0.39, 0.29) is 5.60 Å². The summed E-state index contributed by atoms with van der Waals surface area (Å²) in [6.07, 6.45) is 24.9. The number of unbranched alkanes of at least 4 members (excludes halogenated alkanes) is 11. The molecule has 0 aromatic heterocycles. The quantitative estimate of drug-likeness (QED) is 0.347. The summed E-state index contributed by atoms with van der Waals surface area (Å²) in [5.41, 5.74) is -0.267. The van der Waals surface area contributed by atoms with Gasteiger partial charge < -0.3 is 5.11 Å². The number of aliphatic hydroxyl groups is 1. The monoisotopic (exact) mass is 348 g/mol. The highest BCUT2D eigenvalue weighted by molar-refractivity contribution is 5.05. The van der Waals surface area contributed by atoms with E-state index in [9.17, 15) is 5.11 Å². The number of hydrogen-bond donors (Lipinski definition) is 1. The highest BCUT2D eigenvalue weighted by atomic mass is 16.3. The predicted octanol–water partition coefficient (Wildman–Crippen LogP) is 7.26. The van der Waals surface area contributed by atoms with Crippen molar-refractivity contribution in [1.29, 1.82) is 0 Å². The molecule has 5 atom stereocenters. The Morgan fingerprint density at radius 3 is 1.88 bits per heavy atom. The largest absolute Gasteiger partial charge is 0.390 e. The summed E-state index contributed by atoms with van der Waals surface area (Å²) in [6.45, 7) is 2.29. The fourth-order valence-corrected chi connectivity index (χ4v) is 6.72. The third kappa shape index (κ3) is 5.47. The standard InChI is InChI=1S/C24H44O/c1-2-3-4-5-6-7-8-9-10-11-12-13-14-24(25)19-21-15-20-16-22(17-21)23(24)18-20/h20-23,25H,2-19H2,1H3/t20-,21+,22-,23?,24?/m0/s1. The van der Waals surface area contributed by atoms with Gasteiger partial charge in [0.15, 0.2) is 0 Å². The Morgan fingerprint density at radius 2 is 1.24 bits per heavy atom. The molecule has 0 radical (unpaired) electrons. The molecule has 2 unspecified atom stereocenters. The van der Waals surface area contributed by atoms with Crippen LogP contribution in [0, 0.1) is 23.7 Å². The van der Waals surface area contributed by atoms with Gasteiger partial charge in [-0.1, -0.05) is 84.0 Å².